The van der Waals surface area contributed by atoms with Gasteiger partial charge in [-0.2, -0.15) is 0 Å². The first-order valence-electron chi connectivity index (χ1n) is 14.1. The maximum absolute atomic E-state index is 12.6. The second-order valence-corrected chi connectivity index (χ2v) is 14.0. The van der Waals surface area contributed by atoms with Crippen LogP contribution in [0.25, 0.3) is 0 Å². The molecule has 0 amide bonds. The number of hydrogen-bond acceptors (Lipinski definition) is 6. The minimum absolute atomic E-state index is 0.108. The van der Waals surface area contributed by atoms with Crippen LogP contribution >= 0.6 is 11.8 Å². The molecule has 0 aliphatic rings. The van der Waals surface area contributed by atoms with Crippen molar-refractivity contribution in [3.63, 3.8) is 0 Å². The van der Waals surface area contributed by atoms with E-state index >= 15 is 0 Å². The highest BCUT2D eigenvalue weighted by Crippen LogP contribution is 2.29. The predicted octanol–water partition coefficient (Wildman–Crippen LogP) is 8.18. The van der Waals surface area contributed by atoms with E-state index in [1.54, 1.807) is 11.8 Å². The lowest BCUT2D eigenvalue weighted by molar-refractivity contribution is -0.145. The number of carbonyl (C=O) groups excluding carboxylic acids is 1. The molecule has 0 aromatic heterocycles. The zero-order valence-corrected chi connectivity index (χ0v) is 25.2. The molecule has 7 heteroatoms. The fourth-order valence-electron chi connectivity index (χ4n) is 3.79. The van der Waals surface area contributed by atoms with Gasteiger partial charge in [0, 0.05) is 25.9 Å². The fourth-order valence-corrected chi connectivity index (χ4v) is 7.65. The summed E-state index contributed by atoms with van der Waals surface area (Å²) in [6.07, 6.45) is 15.5. The van der Waals surface area contributed by atoms with Crippen molar-refractivity contribution >= 4 is 26.5 Å². The van der Waals surface area contributed by atoms with Gasteiger partial charge in [0.15, 0.2) is 0 Å². The molecule has 0 aliphatic carbocycles. The van der Waals surface area contributed by atoms with E-state index in [-0.39, 0.29) is 5.97 Å². The van der Waals surface area contributed by atoms with Crippen LogP contribution in [0.3, 0.4) is 0 Å². The summed E-state index contributed by atoms with van der Waals surface area (Å²) in [5.74, 6) is 0.748. The number of unbranched alkanes of at least 4 members (excludes halogenated alkanes) is 10. The van der Waals surface area contributed by atoms with Gasteiger partial charge < -0.3 is 18.0 Å². The lowest BCUT2D eigenvalue weighted by atomic mass is 10.1. The molecule has 5 nitrogen and oxygen atoms in total. The molecule has 0 saturated carbocycles. The zero-order valence-electron chi connectivity index (χ0n) is 23.4. The van der Waals surface area contributed by atoms with Crippen LogP contribution in [-0.2, 0) is 22.8 Å². The topological polar surface area (TPSA) is 54.0 Å². The van der Waals surface area contributed by atoms with E-state index in [0.717, 1.165) is 37.5 Å². The van der Waals surface area contributed by atoms with Crippen LogP contribution in [0.4, 0.5) is 0 Å². The Balaban J connectivity index is 4.34. The summed E-state index contributed by atoms with van der Waals surface area (Å²) in [5.41, 5.74) is 0. The van der Waals surface area contributed by atoms with Gasteiger partial charge in [0.05, 0.1) is 6.61 Å². The minimum atomic E-state index is -2.66. The molecule has 0 radical (unpaired) electrons. The maximum atomic E-state index is 12.6. The highest BCUT2D eigenvalue weighted by molar-refractivity contribution is 8.01. The number of thioether (sulfide) groups is 1. The zero-order chi connectivity index (χ0) is 25.5. The first kappa shape index (κ1) is 33.9. The van der Waals surface area contributed by atoms with Crippen molar-refractivity contribution in [1.29, 1.82) is 0 Å². The number of hydrogen-bond donors (Lipinski definition) is 0. The fraction of sp³-hybridized carbons (Fsp3) is 0.963. The molecule has 0 heterocycles. The third kappa shape index (κ3) is 17.4. The average Bonchev–Trinajstić information content (AvgIpc) is 2.81. The van der Waals surface area contributed by atoms with Gasteiger partial charge in [0.2, 0.25) is 0 Å². The van der Waals surface area contributed by atoms with E-state index in [0.29, 0.717) is 26.4 Å². The Morgan fingerprint density at radius 3 is 1.71 bits per heavy atom. The quantitative estimate of drug-likeness (QED) is 0.0687. The summed E-state index contributed by atoms with van der Waals surface area (Å²) in [7, 11) is -2.66. The van der Waals surface area contributed by atoms with Gasteiger partial charge in [0.25, 0.3) is 0 Å². The van der Waals surface area contributed by atoms with Crippen molar-refractivity contribution in [2.24, 2.45) is 0 Å². The predicted molar refractivity (Wildman–Crippen MR) is 149 cm³/mol. The summed E-state index contributed by atoms with van der Waals surface area (Å²) >= 11 is 1.66. The molecule has 0 bridgehead atoms. The van der Waals surface area contributed by atoms with Gasteiger partial charge in [-0.25, -0.2) is 0 Å². The van der Waals surface area contributed by atoms with Crippen LogP contribution < -0.4 is 0 Å². The molecule has 0 aromatic carbocycles. The van der Waals surface area contributed by atoms with Crippen molar-refractivity contribution in [3.05, 3.63) is 0 Å². The molecular formula is C27H56O5SSi. The maximum Gasteiger partial charge on any atom is 0.500 e. The average molecular weight is 521 g/mol. The Morgan fingerprint density at radius 1 is 0.676 bits per heavy atom. The summed E-state index contributed by atoms with van der Waals surface area (Å²) in [4.78, 5) is 12.6. The second kappa shape index (κ2) is 22.1. The van der Waals surface area contributed by atoms with E-state index in [2.05, 4.69) is 13.8 Å². The van der Waals surface area contributed by atoms with Crippen molar-refractivity contribution in [2.75, 3.05) is 32.2 Å². The number of rotatable bonds is 25. The van der Waals surface area contributed by atoms with E-state index in [1.807, 2.05) is 27.7 Å². The SMILES string of the molecule is CCCCCCCCOC(=O)C(C)(C)SCCC[Si](OCC)(OCC)OCCCCCCCC. The first-order valence-corrected chi connectivity index (χ1v) is 17.0. The summed E-state index contributed by atoms with van der Waals surface area (Å²) < 4.78 is 23.5. The van der Waals surface area contributed by atoms with Crippen molar-refractivity contribution < 1.29 is 22.8 Å². The minimum Gasteiger partial charge on any atom is -0.465 e. The van der Waals surface area contributed by atoms with Gasteiger partial charge >= 0.3 is 14.8 Å². The lowest BCUT2D eigenvalue weighted by Crippen LogP contribution is -2.46. The Hall–Kier alpha value is -0.0831. The molecule has 34 heavy (non-hydrogen) atoms. The highest BCUT2D eigenvalue weighted by Gasteiger charge is 2.40. The van der Waals surface area contributed by atoms with Crippen LogP contribution in [0.5, 0.6) is 0 Å². The van der Waals surface area contributed by atoms with Crippen molar-refractivity contribution in [3.8, 4) is 0 Å². The van der Waals surface area contributed by atoms with E-state index in [9.17, 15) is 4.79 Å². The summed E-state index contributed by atoms with van der Waals surface area (Å²) in [6.45, 7) is 14.9. The number of carbonyl (C=O) groups is 1. The Labute approximate surface area is 217 Å². The molecule has 0 spiro atoms. The van der Waals surface area contributed by atoms with Gasteiger partial charge in [-0.05, 0) is 52.7 Å². The molecule has 0 unspecified atom stereocenters. The van der Waals surface area contributed by atoms with Crippen LogP contribution in [-0.4, -0.2) is 51.7 Å². The largest absolute Gasteiger partial charge is 0.500 e. The van der Waals surface area contributed by atoms with E-state index < -0.39 is 13.6 Å². The third-order valence-electron chi connectivity index (χ3n) is 5.86. The smallest absolute Gasteiger partial charge is 0.465 e. The highest BCUT2D eigenvalue weighted by atomic mass is 32.2. The van der Waals surface area contributed by atoms with Crippen molar-refractivity contribution in [1.82, 2.24) is 0 Å². The normalized spacial score (nSPS) is 12.3. The Morgan fingerprint density at radius 2 is 1.18 bits per heavy atom. The molecule has 0 aliphatic heterocycles. The lowest BCUT2D eigenvalue weighted by Gasteiger charge is -2.29. The van der Waals surface area contributed by atoms with Crippen molar-refractivity contribution in [2.45, 2.75) is 136 Å². The summed E-state index contributed by atoms with van der Waals surface area (Å²) in [5, 5.41) is 0. The summed E-state index contributed by atoms with van der Waals surface area (Å²) in [6, 6.07) is 0.792. The Kier molecular flexibility index (Phi) is 22.1. The monoisotopic (exact) mass is 520 g/mol. The molecule has 0 atom stereocenters. The first-order chi connectivity index (χ1) is 16.4. The van der Waals surface area contributed by atoms with Gasteiger partial charge in [-0.15, -0.1) is 11.8 Å². The van der Waals surface area contributed by atoms with Crippen LogP contribution in [0, 0.1) is 0 Å². The van der Waals surface area contributed by atoms with Gasteiger partial charge in [0.1, 0.15) is 4.75 Å². The molecule has 0 N–H and O–H groups in total. The van der Waals surface area contributed by atoms with Gasteiger partial charge in [-0.3, -0.25) is 4.79 Å². The van der Waals surface area contributed by atoms with Crippen LogP contribution in [0.15, 0.2) is 0 Å². The number of esters is 1. The van der Waals surface area contributed by atoms with Crippen LogP contribution in [0.1, 0.15) is 125 Å². The van der Waals surface area contributed by atoms with Crippen LogP contribution in [0.2, 0.25) is 6.04 Å². The molecule has 0 aromatic rings. The third-order valence-corrected chi connectivity index (χ3v) is 10.3. The van der Waals surface area contributed by atoms with Gasteiger partial charge in [-0.1, -0.05) is 78.1 Å². The second-order valence-electron chi connectivity index (χ2n) is 9.53. The standard InChI is InChI=1S/C27H56O5SSi/c1-7-11-13-15-17-19-22-29-26(28)27(5,6)33-24-21-25-34(30-9-3,31-10-4)32-23-20-18-16-14-12-8-2/h7-25H2,1-6H3. The molecule has 0 rings (SSSR count). The Bertz CT molecular complexity index is 470. The molecule has 204 valence electrons. The van der Waals surface area contributed by atoms with E-state index in [4.69, 9.17) is 18.0 Å². The molecule has 0 fully saturated rings. The number of ether oxygens (including phenoxy) is 1. The van der Waals surface area contributed by atoms with E-state index in [1.165, 1.54) is 57.8 Å². The molecular weight excluding hydrogens is 464 g/mol. The molecule has 0 saturated heterocycles.